The fourth-order valence-electron chi connectivity index (χ4n) is 3.21. The van der Waals surface area contributed by atoms with Crippen LogP contribution in [-0.4, -0.2) is 21.5 Å². The summed E-state index contributed by atoms with van der Waals surface area (Å²) in [5.41, 5.74) is 2.59. The lowest BCUT2D eigenvalue weighted by Gasteiger charge is -2.18. The Hall–Kier alpha value is -1.53. The molecule has 0 fully saturated rings. The normalized spacial score (nSPS) is 17.4. The van der Waals surface area contributed by atoms with Gasteiger partial charge >= 0.3 is 0 Å². The molecule has 6 heteroatoms. The van der Waals surface area contributed by atoms with Crippen LogP contribution in [0.2, 0.25) is 0 Å². The molecule has 0 aliphatic heterocycles. The highest BCUT2D eigenvalue weighted by Crippen LogP contribution is 2.39. The summed E-state index contributed by atoms with van der Waals surface area (Å²) in [6.45, 7) is 5.24. The third-order valence-electron chi connectivity index (χ3n) is 4.39. The monoisotopic (exact) mass is 344 g/mol. The maximum atomic E-state index is 4.52. The van der Waals surface area contributed by atoms with Gasteiger partial charge in [0.05, 0.1) is 10.4 Å². The van der Waals surface area contributed by atoms with Gasteiger partial charge in [0.15, 0.2) is 0 Å². The van der Waals surface area contributed by atoms with Gasteiger partial charge < -0.3 is 5.32 Å². The molecule has 23 heavy (non-hydrogen) atoms. The number of nitrogens with zero attached hydrogens (tertiary/aromatic N) is 3. The van der Waals surface area contributed by atoms with Crippen molar-refractivity contribution in [2.24, 2.45) is 5.92 Å². The maximum absolute atomic E-state index is 4.52. The summed E-state index contributed by atoms with van der Waals surface area (Å²) in [6, 6.07) is 0. The van der Waals surface area contributed by atoms with E-state index in [0.29, 0.717) is 0 Å². The standard InChI is InChI=1S/C17H20N4S2/c1-10-3-4-12-13(7-10)23-17-15(12)16(19-9-20-17)18-6-5-14-21-11(2)8-22-14/h8-10H,3-7H2,1-2H3,(H,18,19,20). The summed E-state index contributed by atoms with van der Waals surface area (Å²) in [7, 11) is 0. The number of thiophene rings is 1. The number of anilines is 1. The van der Waals surface area contributed by atoms with Crippen LogP contribution < -0.4 is 5.32 Å². The molecule has 4 nitrogen and oxygen atoms in total. The van der Waals surface area contributed by atoms with Gasteiger partial charge in [-0.1, -0.05) is 6.92 Å². The van der Waals surface area contributed by atoms with Crippen LogP contribution >= 0.6 is 22.7 Å². The van der Waals surface area contributed by atoms with Crippen LogP contribution in [0, 0.1) is 12.8 Å². The minimum Gasteiger partial charge on any atom is -0.369 e. The van der Waals surface area contributed by atoms with Crippen LogP contribution in [0.4, 0.5) is 5.82 Å². The molecule has 1 aliphatic carbocycles. The first-order valence-corrected chi connectivity index (χ1v) is 9.80. The molecular formula is C17H20N4S2. The van der Waals surface area contributed by atoms with Crippen molar-refractivity contribution in [2.75, 3.05) is 11.9 Å². The van der Waals surface area contributed by atoms with E-state index in [1.54, 1.807) is 17.7 Å². The van der Waals surface area contributed by atoms with Crippen molar-refractivity contribution in [3.05, 3.63) is 32.8 Å². The topological polar surface area (TPSA) is 50.7 Å². The summed E-state index contributed by atoms with van der Waals surface area (Å²) in [6.07, 6.45) is 6.24. The molecule has 0 saturated heterocycles. The number of thiazole rings is 1. The Kier molecular flexibility index (Phi) is 4.03. The van der Waals surface area contributed by atoms with E-state index in [0.717, 1.165) is 41.6 Å². The molecule has 3 aromatic heterocycles. The summed E-state index contributed by atoms with van der Waals surface area (Å²) in [4.78, 5) is 16.2. The Morgan fingerprint density at radius 2 is 2.26 bits per heavy atom. The lowest BCUT2D eigenvalue weighted by Crippen LogP contribution is -2.10. The third-order valence-corrected chi connectivity index (χ3v) is 6.58. The van der Waals surface area contributed by atoms with E-state index >= 15 is 0 Å². The Bertz CT molecular complexity index is 836. The molecule has 1 aliphatic rings. The van der Waals surface area contributed by atoms with Crippen LogP contribution in [-0.2, 0) is 19.3 Å². The highest BCUT2D eigenvalue weighted by molar-refractivity contribution is 7.19. The van der Waals surface area contributed by atoms with Gasteiger partial charge in [-0.25, -0.2) is 15.0 Å². The number of aryl methyl sites for hydroxylation is 2. The zero-order valence-corrected chi connectivity index (χ0v) is 15.1. The molecule has 3 aromatic rings. The van der Waals surface area contributed by atoms with Crippen molar-refractivity contribution in [2.45, 2.75) is 39.5 Å². The quantitative estimate of drug-likeness (QED) is 0.769. The highest BCUT2D eigenvalue weighted by Gasteiger charge is 2.22. The average molecular weight is 345 g/mol. The maximum Gasteiger partial charge on any atom is 0.138 e. The number of hydrogen-bond donors (Lipinski definition) is 1. The van der Waals surface area contributed by atoms with Crippen LogP contribution in [0.15, 0.2) is 11.7 Å². The molecule has 1 N–H and O–H groups in total. The number of rotatable bonds is 4. The van der Waals surface area contributed by atoms with Crippen molar-refractivity contribution in [3.8, 4) is 0 Å². The Morgan fingerprint density at radius 3 is 3.09 bits per heavy atom. The Morgan fingerprint density at radius 1 is 1.35 bits per heavy atom. The molecule has 0 spiro atoms. The van der Waals surface area contributed by atoms with Crippen LogP contribution in [0.25, 0.3) is 10.2 Å². The molecular weight excluding hydrogens is 324 g/mol. The van der Waals surface area contributed by atoms with Crippen molar-refractivity contribution in [1.82, 2.24) is 15.0 Å². The van der Waals surface area contributed by atoms with Gasteiger partial charge in [0.2, 0.25) is 0 Å². The fraction of sp³-hybridized carbons (Fsp3) is 0.471. The van der Waals surface area contributed by atoms with E-state index in [2.05, 4.69) is 32.6 Å². The third kappa shape index (κ3) is 2.97. The molecule has 3 heterocycles. The fourth-order valence-corrected chi connectivity index (χ4v) is 5.34. The minimum atomic E-state index is 0.785. The molecule has 1 atom stereocenters. The first-order chi connectivity index (χ1) is 11.2. The average Bonchev–Trinajstić information content (AvgIpc) is 3.10. The van der Waals surface area contributed by atoms with Gasteiger partial charge in [0.1, 0.15) is 17.0 Å². The molecule has 120 valence electrons. The SMILES string of the molecule is Cc1csc(CCNc2ncnc3sc4c(c23)CCC(C)C4)n1. The zero-order chi connectivity index (χ0) is 15.8. The van der Waals surface area contributed by atoms with Gasteiger partial charge in [-0.3, -0.25) is 0 Å². The number of fused-ring (bicyclic) bond motifs is 3. The highest BCUT2D eigenvalue weighted by atomic mass is 32.1. The first-order valence-electron chi connectivity index (χ1n) is 8.11. The van der Waals surface area contributed by atoms with Crippen LogP contribution in [0.1, 0.15) is 34.5 Å². The van der Waals surface area contributed by atoms with E-state index in [4.69, 9.17) is 0 Å². The predicted molar refractivity (Wildman–Crippen MR) is 97.6 cm³/mol. The molecule has 0 saturated carbocycles. The minimum absolute atomic E-state index is 0.785. The van der Waals surface area contributed by atoms with Crippen molar-refractivity contribution in [1.29, 1.82) is 0 Å². The summed E-state index contributed by atoms with van der Waals surface area (Å²) in [5, 5.41) is 8.06. The van der Waals surface area contributed by atoms with Gasteiger partial charge in [0, 0.05) is 28.9 Å². The smallest absolute Gasteiger partial charge is 0.138 e. The lowest BCUT2D eigenvalue weighted by molar-refractivity contribution is 0.509. The molecule has 0 radical (unpaired) electrons. The number of nitrogens with one attached hydrogen (secondary N) is 1. The van der Waals surface area contributed by atoms with E-state index in [-0.39, 0.29) is 0 Å². The second kappa shape index (κ2) is 6.17. The molecule has 1 unspecified atom stereocenters. The predicted octanol–water partition coefficient (Wildman–Crippen LogP) is 4.24. The number of aromatic nitrogens is 3. The van der Waals surface area contributed by atoms with Crippen LogP contribution in [0.5, 0.6) is 0 Å². The summed E-state index contributed by atoms with van der Waals surface area (Å²) in [5.74, 6) is 1.78. The second-order valence-electron chi connectivity index (χ2n) is 6.31. The summed E-state index contributed by atoms with van der Waals surface area (Å²) < 4.78 is 0. The largest absolute Gasteiger partial charge is 0.369 e. The number of hydrogen-bond acceptors (Lipinski definition) is 6. The van der Waals surface area contributed by atoms with Gasteiger partial charge in [-0.2, -0.15) is 0 Å². The van der Waals surface area contributed by atoms with E-state index in [1.807, 2.05) is 18.3 Å². The molecule has 0 bridgehead atoms. The van der Waals surface area contributed by atoms with Gasteiger partial charge in [0.25, 0.3) is 0 Å². The van der Waals surface area contributed by atoms with E-state index in [1.165, 1.54) is 33.7 Å². The first kappa shape index (κ1) is 15.0. The second-order valence-corrected chi connectivity index (χ2v) is 8.34. The molecule has 0 aromatic carbocycles. The van der Waals surface area contributed by atoms with Crippen molar-refractivity contribution < 1.29 is 0 Å². The van der Waals surface area contributed by atoms with Crippen LogP contribution in [0.3, 0.4) is 0 Å². The Balaban J connectivity index is 1.57. The lowest BCUT2D eigenvalue weighted by atomic mass is 9.89. The zero-order valence-electron chi connectivity index (χ0n) is 13.4. The Labute approximate surface area is 144 Å². The van der Waals surface area contributed by atoms with E-state index < -0.39 is 0 Å². The molecule has 4 rings (SSSR count). The van der Waals surface area contributed by atoms with Gasteiger partial charge in [-0.15, -0.1) is 22.7 Å². The van der Waals surface area contributed by atoms with Crippen molar-refractivity contribution in [3.63, 3.8) is 0 Å². The van der Waals surface area contributed by atoms with Gasteiger partial charge in [-0.05, 0) is 37.7 Å². The molecule has 0 amide bonds. The summed E-state index contributed by atoms with van der Waals surface area (Å²) >= 11 is 3.58. The van der Waals surface area contributed by atoms with Crippen molar-refractivity contribution >= 4 is 38.7 Å². The van der Waals surface area contributed by atoms with E-state index in [9.17, 15) is 0 Å².